The lowest BCUT2D eigenvalue weighted by atomic mass is 9.96. The fourth-order valence-corrected chi connectivity index (χ4v) is 3.37. The second kappa shape index (κ2) is 9.56. The van der Waals surface area contributed by atoms with Gasteiger partial charge in [0.25, 0.3) is 0 Å². The summed E-state index contributed by atoms with van der Waals surface area (Å²) < 4.78 is 5.12. The number of hydrogen-bond donors (Lipinski definition) is 1. The lowest BCUT2D eigenvalue weighted by Crippen LogP contribution is -2.45. The zero-order valence-electron chi connectivity index (χ0n) is 15.5. The van der Waals surface area contributed by atoms with Gasteiger partial charge in [0.1, 0.15) is 0 Å². The number of carbonyl (C=O) groups is 2. The summed E-state index contributed by atoms with van der Waals surface area (Å²) in [7, 11) is 0. The molecule has 1 amide bonds. The number of piperidine rings is 1. The molecule has 5 nitrogen and oxygen atoms in total. The molecule has 0 saturated carbocycles. The summed E-state index contributed by atoms with van der Waals surface area (Å²) in [5.41, 5.74) is 1.12. The molecule has 2 rings (SSSR count). The Kier molecular flexibility index (Phi) is 7.44. The van der Waals surface area contributed by atoms with Crippen LogP contribution in [0.1, 0.15) is 45.2 Å². The van der Waals surface area contributed by atoms with Gasteiger partial charge in [-0.25, -0.2) is 0 Å². The first kappa shape index (κ1) is 19.4. The van der Waals surface area contributed by atoms with E-state index in [2.05, 4.69) is 24.1 Å². The minimum atomic E-state index is -0.142. The summed E-state index contributed by atoms with van der Waals surface area (Å²) in [6.07, 6.45) is 1.76. The Morgan fingerprint density at radius 1 is 1.28 bits per heavy atom. The molecule has 0 bridgehead atoms. The molecule has 1 aliphatic heterocycles. The molecular formula is C20H30N2O3. The van der Waals surface area contributed by atoms with E-state index in [1.807, 2.05) is 37.3 Å². The van der Waals surface area contributed by atoms with E-state index in [-0.39, 0.29) is 23.8 Å². The van der Waals surface area contributed by atoms with E-state index in [1.54, 1.807) is 0 Å². The molecule has 1 N–H and O–H groups in total. The van der Waals surface area contributed by atoms with Crippen molar-refractivity contribution in [2.24, 2.45) is 11.8 Å². The van der Waals surface area contributed by atoms with E-state index in [9.17, 15) is 9.59 Å². The van der Waals surface area contributed by atoms with Crippen molar-refractivity contribution in [3.63, 3.8) is 0 Å². The normalized spacial score (nSPS) is 19.4. The van der Waals surface area contributed by atoms with E-state index in [0.29, 0.717) is 25.6 Å². The van der Waals surface area contributed by atoms with Gasteiger partial charge in [-0.1, -0.05) is 44.2 Å². The average molecular weight is 346 g/mol. The SMILES string of the molecule is CCOC(=O)[C@@H]1CCCN(CC(=O)N[C@@H](c2ccccc2)C(C)C)C1. The fraction of sp³-hybridized carbons (Fsp3) is 0.600. The van der Waals surface area contributed by atoms with Gasteiger partial charge < -0.3 is 10.1 Å². The number of likely N-dealkylation sites (tertiary alicyclic amines) is 1. The summed E-state index contributed by atoms with van der Waals surface area (Å²) in [5.74, 6) is 0.0560. The Bertz CT molecular complexity index is 559. The van der Waals surface area contributed by atoms with Crippen molar-refractivity contribution >= 4 is 11.9 Å². The molecule has 138 valence electrons. The molecule has 0 radical (unpaired) electrons. The Hall–Kier alpha value is -1.88. The highest BCUT2D eigenvalue weighted by Crippen LogP contribution is 2.22. The average Bonchev–Trinajstić information content (AvgIpc) is 2.60. The second-order valence-electron chi connectivity index (χ2n) is 7.03. The minimum absolute atomic E-state index is 0.000607. The third kappa shape index (κ3) is 5.85. The van der Waals surface area contributed by atoms with Crippen LogP contribution in [0.5, 0.6) is 0 Å². The van der Waals surface area contributed by atoms with Crippen LogP contribution in [0.25, 0.3) is 0 Å². The number of hydrogen-bond acceptors (Lipinski definition) is 4. The molecule has 1 aliphatic rings. The highest BCUT2D eigenvalue weighted by molar-refractivity contribution is 5.79. The number of carbonyl (C=O) groups excluding carboxylic acids is 2. The van der Waals surface area contributed by atoms with Gasteiger partial charge in [-0.3, -0.25) is 14.5 Å². The number of rotatable bonds is 7. The van der Waals surface area contributed by atoms with Gasteiger partial charge in [0.2, 0.25) is 5.91 Å². The van der Waals surface area contributed by atoms with Crippen molar-refractivity contribution in [3.8, 4) is 0 Å². The summed E-state index contributed by atoms with van der Waals surface area (Å²) in [6, 6.07) is 10.0. The number of nitrogens with one attached hydrogen (secondary N) is 1. The molecule has 1 fully saturated rings. The van der Waals surface area contributed by atoms with Gasteiger partial charge in [0.05, 0.1) is 25.1 Å². The Morgan fingerprint density at radius 2 is 2.00 bits per heavy atom. The third-order valence-corrected chi connectivity index (χ3v) is 4.63. The molecule has 2 atom stereocenters. The van der Waals surface area contributed by atoms with Gasteiger partial charge in [0, 0.05) is 6.54 Å². The number of esters is 1. The van der Waals surface area contributed by atoms with Crippen LogP contribution in [0.3, 0.4) is 0 Å². The molecule has 25 heavy (non-hydrogen) atoms. The predicted molar refractivity (Wildman–Crippen MR) is 98.0 cm³/mol. The molecule has 0 aromatic heterocycles. The minimum Gasteiger partial charge on any atom is -0.466 e. The Morgan fingerprint density at radius 3 is 2.64 bits per heavy atom. The van der Waals surface area contributed by atoms with E-state index < -0.39 is 0 Å². The monoisotopic (exact) mass is 346 g/mol. The van der Waals surface area contributed by atoms with Gasteiger partial charge in [-0.15, -0.1) is 0 Å². The number of nitrogens with zero attached hydrogens (tertiary/aromatic N) is 1. The second-order valence-corrected chi connectivity index (χ2v) is 7.03. The van der Waals surface area contributed by atoms with E-state index in [1.165, 1.54) is 0 Å². The summed E-state index contributed by atoms with van der Waals surface area (Å²) in [5, 5.41) is 3.15. The summed E-state index contributed by atoms with van der Waals surface area (Å²) in [4.78, 5) is 26.5. The first-order valence-electron chi connectivity index (χ1n) is 9.24. The maximum Gasteiger partial charge on any atom is 0.310 e. The first-order valence-corrected chi connectivity index (χ1v) is 9.24. The van der Waals surface area contributed by atoms with Crippen molar-refractivity contribution in [2.45, 2.75) is 39.7 Å². The highest BCUT2D eigenvalue weighted by atomic mass is 16.5. The van der Waals surface area contributed by atoms with E-state index in [4.69, 9.17) is 4.74 Å². The molecule has 1 aromatic carbocycles. The molecule has 0 unspecified atom stereocenters. The fourth-order valence-electron chi connectivity index (χ4n) is 3.37. The van der Waals surface area contributed by atoms with Gasteiger partial charge in [0.15, 0.2) is 0 Å². The van der Waals surface area contributed by atoms with Gasteiger partial charge in [-0.2, -0.15) is 0 Å². The zero-order valence-corrected chi connectivity index (χ0v) is 15.5. The summed E-state index contributed by atoms with van der Waals surface area (Å²) in [6.45, 7) is 8.21. The molecule has 5 heteroatoms. The largest absolute Gasteiger partial charge is 0.466 e. The Balaban J connectivity index is 1.91. The van der Waals surface area contributed by atoms with Crippen LogP contribution in [-0.4, -0.2) is 43.0 Å². The topological polar surface area (TPSA) is 58.6 Å². The van der Waals surface area contributed by atoms with Crippen molar-refractivity contribution in [3.05, 3.63) is 35.9 Å². The molecule has 1 aromatic rings. The van der Waals surface area contributed by atoms with Crippen LogP contribution in [0.2, 0.25) is 0 Å². The molecular weight excluding hydrogens is 316 g/mol. The smallest absolute Gasteiger partial charge is 0.310 e. The van der Waals surface area contributed by atoms with Crippen molar-refractivity contribution in [2.75, 3.05) is 26.2 Å². The zero-order chi connectivity index (χ0) is 18.2. The lowest BCUT2D eigenvalue weighted by molar-refractivity contribution is -0.150. The highest BCUT2D eigenvalue weighted by Gasteiger charge is 2.28. The molecule has 1 saturated heterocycles. The van der Waals surface area contributed by atoms with Gasteiger partial charge >= 0.3 is 5.97 Å². The lowest BCUT2D eigenvalue weighted by Gasteiger charge is -2.32. The number of benzene rings is 1. The molecule has 0 aliphatic carbocycles. The number of amides is 1. The molecule has 0 spiro atoms. The Labute approximate surface area is 150 Å². The van der Waals surface area contributed by atoms with Crippen LogP contribution >= 0.6 is 0 Å². The van der Waals surface area contributed by atoms with Crippen LogP contribution in [0, 0.1) is 11.8 Å². The van der Waals surface area contributed by atoms with E-state index in [0.717, 1.165) is 24.9 Å². The van der Waals surface area contributed by atoms with Crippen LogP contribution in [-0.2, 0) is 14.3 Å². The van der Waals surface area contributed by atoms with Crippen LogP contribution < -0.4 is 5.32 Å². The third-order valence-electron chi connectivity index (χ3n) is 4.63. The predicted octanol–water partition coefficient (Wildman–Crippen LogP) is 2.78. The maximum atomic E-state index is 12.5. The summed E-state index contributed by atoms with van der Waals surface area (Å²) >= 11 is 0. The quantitative estimate of drug-likeness (QED) is 0.771. The van der Waals surface area contributed by atoms with Gasteiger partial charge in [-0.05, 0) is 37.8 Å². The molecule has 1 heterocycles. The van der Waals surface area contributed by atoms with E-state index >= 15 is 0 Å². The van der Waals surface area contributed by atoms with Crippen molar-refractivity contribution in [1.29, 1.82) is 0 Å². The van der Waals surface area contributed by atoms with Crippen molar-refractivity contribution in [1.82, 2.24) is 10.2 Å². The standard InChI is InChI=1S/C20H30N2O3/c1-4-25-20(24)17-11-8-12-22(13-17)14-18(23)21-19(15(2)3)16-9-6-5-7-10-16/h5-7,9-10,15,17,19H,4,8,11-14H2,1-3H3,(H,21,23)/t17-,19-/m1/s1. The van der Waals surface area contributed by atoms with Crippen LogP contribution in [0.15, 0.2) is 30.3 Å². The number of ether oxygens (including phenoxy) is 1. The van der Waals surface area contributed by atoms with Crippen LogP contribution in [0.4, 0.5) is 0 Å². The maximum absolute atomic E-state index is 12.5. The first-order chi connectivity index (χ1) is 12.0. The van der Waals surface area contributed by atoms with Crippen molar-refractivity contribution < 1.29 is 14.3 Å².